The molecule has 0 bridgehead atoms. The van der Waals surface area contributed by atoms with Crippen molar-refractivity contribution in [1.82, 2.24) is 25.1 Å². The standard InChI is InChI=1S/C26H29FN6O2S/c27-21-6-4-19(5-7-21)17-29-24(34)22-18-36-25(30-22)20-8-11-32(12-9-20)26(35)33-15-13-31(14-16-33)23-3-1-2-10-28-23/h1-7,10,18,20H,8-9,11-17H2,(H,29,34). The van der Waals surface area contributed by atoms with E-state index in [1.165, 1.54) is 23.5 Å². The molecule has 5 rings (SSSR count). The Kier molecular flexibility index (Phi) is 7.41. The molecule has 2 aromatic heterocycles. The summed E-state index contributed by atoms with van der Waals surface area (Å²) in [5, 5.41) is 5.57. The first-order chi connectivity index (χ1) is 17.6. The van der Waals surface area contributed by atoms with Crippen LogP contribution in [-0.4, -0.2) is 71.0 Å². The zero-order chi connectivity index (χ0) is 24.9. The summed E-state index contributed by atoms with van der Waals surface area (Å²) in [6, 6.07) is 12.1. The highest BCUT2D eigenvalue weighted by Crippen LogP contribution is 2.31. The average molecular weight is 509 g/mol. The third-order valence-electron chi connectivity index (χ3n) is 6.76. The number of amides is 3. The first-order valence-corrected chi connectivity index (χ1v) is 13.1. The van der Waals surface area contributed by atoms with Crippen LogP contribution in [0.25, 0.3) is 0 Å². The number of halogens is 1. The Labute approximate surface area is 213 Å². The summed E-state index contributed by atoms with van der Waals surface area (Å²) in [6.45, 7) is 4.65. The zero-order valence-corrected chi connectivity index (χ0v) is 20.8. The molecule has 0 radical (unpaired) electrons. The zero-order valence-electron chi connectivity index (χ0n) is 20.0. The number of carbonyl (C=O) groups is 2. The SMILES string of the molecule is O=C(NCc1ccc(F)cc1)c1csc(C2CCN(C(=O)N3CCN(c4ccccn4)CC3)CC2)n1. The van der Waals surface area contributed by atoms with Crippen molar-refractivity contribution >= 4 is 29.1 Å². The monoisotopic (exact) mass is 508 g/mol. The lowest BCUT2D eigenvalue weighted by molar-refractivity contribution is 0.0946. The van der Waals surface area contributed by atoms with E-state index in [-0.39, 0.29) is 23.7 Å². The van der Waals surface area contributed by atoms with Crippen molar-refractivity contribution in [1.29, 1.82) is 0 Å². The summed E-state index contributed by atoms with van der Waals surface area (Å²) in [6.07, 6.45) is 3.47. The average Bonchev–Trinajstić information content (AvgIpc) is 3.43. The fourth-order valence-corrected chi connectivity index (χ4v) is 5.61. The maximum atomic E-state index is 13.1. The Morgan fingerprint density at radius 1 is 0.972 bits per heavy atom. The molecule has 0 atom stereocenters. The van der Waals surface area contributed by atoms with Gasteiger partial charge in [0.05, 0.1) is 5.01 Å². The Bertz CT molecular complexity index is 1170. The fraction of sp³-hybridized carbons (Fsp3) is 0.385. The number of piperazine rings is 1. The Balaban J connectivity index is 1.08. The molecule has 2 fully saturated rings. The van der Waals surface area contributed by atoms with E-state index < -0.39 is 0 Å². The number of urea groups is 1. The van der Waals surface area contributed by atoms with Gasteiger partial charge in [0.15, 0.2) is 0 Å². The lowest BCUT2D eigenvalue weighted by Crippen LogP contribution is -2.54. The molecule has 2 aliphatic rings. The molecule has 1 aromatic carbocycles. The van der Waals surface area contributed by atoms with E-state index in [9.17, 15) is 14.0 Å². The van der Waals surface area contributed by atoms with E-state index in [1.807, 2.05) is 28.0 Å². The van der Waals surface area contributed by atoms with Gasteiger partial charge in [-0.1, -0.05) is 18.2 Å². The third-order valence-corrected chi connectivity index (χ3v) is 7.77. The molecule has 3 amide bonds. The van der Waals surface area contributed by atoms with Gasteiger partial charge in [-0.15, -0.1) is 11.3 Å². The Morgan fingerprint density at radius 3 is 2.39 bits per heavy atom. The minimum atomic E-state index is -0.301. The number of nitrogens with one attached hydrogen (secondary N) is 1. The molecule has 0 aliphatic carbocycles. The molecular weight excluding hydrogens is 479 g/mol. The minimum Gasteiger partial charge on any atom is -0.353 e. The highest BCUT2D eigenvalue weighted by molar-refractivity contribution is 7.09. The molecule has 8 nitrogen and oxygen atoms in total. The number of piperidine rings is 1. The number of pyridine rings is 1. The van der Waals surface area contributed by atoms with Gasteiger partial charge in [0, 0.05) is 63.3 Å². The van der Waals surface area contributed by atoms with Crippen LogP contribution in [0.4, 0.5) is 15.0 Å². The topological polar surface area (TPSA) is 81.7 Å². The summed E-state index contributed by atoms with van der Waals surface area (Å²) in [7, 11) is 0. The van der Waals surface area contributed by atoms with E-state index in [2.05, 4.69) is 20.2 Å². The minimum absolute atomic E-state index is 0.106. The smallest absolute Gasteiger partial charge is 0.320 e. The largest absolute Gasteiger partial charge is 0.353 e. The Morgan fingerprint density at radius 2 is 1.69 bits per heavy atom. The van der Waals surface area contributed by atoms with Crippen molar-refractivity contribution in [3.8, 4) is 0 Å². The highest BCUT2D eigenvalue weighted by Gasteiger charge is 2.30. The summed E-state index contributed by atoms with van der Waals surface area (Å²) in [5.74, 6) is 0.667. The van der Waals surface area contributed by atoms with Gasteiger partial charge in [0.2, 0.25) is 0 Å². The molecule has 0 saturated carbocycles. The van der Waals surface area contributed by atoms with Crippen LogP contribution in [-0.2, 0) is 6.54 Å². The number of hydrogen-bond acceptors (Lipinski definition) is 6. The quantitative estimate of drug-likeness (QED) is 0.568. The van der Waals surface area contributed by atoms with Crippen LogP contribution in [0.2, 0.25) is 0 Å². The molecule has 36 heavy (non-hydrogen) atoms. The van der Waals surface area contributed by atoms with Crippen LogP contribution in [0, 0.1) is 5.82 Å². The number of aromatic nitrogens is 2. The maximum Gasteiger partial charge on any atom is 0.320 e. The maximum absolute atomic E-state index is 13.1. The molecule has 188 valence electrons. The second-order valence-electron chi connectivity index (χ2n) is 9.09. The number of anilines is 1. The fourth-order valence-electron chi connectivity index (χ4n) is 4.64. The molecule has 0 unspecified atom stereocenters. The summed E-state index contributed by atoms with van der Waals surface area (Å²) >= 11 is 1.50. The van der Waals surface area contributed by atoms with Gasteiger partial charge >= 0.3 is 6.03 Å². The van der Waals surface area contributed by atoms with Crippen LogP contribution >= 0.6 is 11.3 Å². The van der Waals surface area contributed by atoms with Crippen LogP contribution in [0.5, 0.6) is 0 Å². The van der Waals surface area contributed by atoms with Gasteiger partial charge in [-0.3, -0.25) is 4.79 Å². The van der Waals surface area contributed by atoms with Crippen LogP contribution in [0.3, 0.4) is 0 Å². The lowest BCUT2D eigenvalue weighted by Gasteiger charge is -2.39. The van der Waals surface area contributed by atoms with Gasteiger partial charge in [-0.2, -0.15) is 0 Å². The van der Waals surface area contributed by atoms with Crippen molar-refractivity contribution in [3.05, 3.63) is 76.1 Å². The number of rotatable bonds is 5. The van der Waals surface area contributed by atoms with Gasteiger partial charge in [0.25, 0.3) is 5.91 Å². The van der Waals surface area contributed by atoms with E-state index in [0.717, 1.165) is 42.3 Å². The van der Waals surface area contributed by atoms with E-state index >= 15 is 0 Å². The van der Waals surface area contributed by atoms with E-state index in [4.69, 9.17) is 0 Å². The third kappa shape index (κ3) is 5.64. The number of hydrogen-bond donors (Lipinski definition) is 1. The van der Waals surface area contributed by atoms with Gasteiger partial charge < -0.3 is 20.0 Å². The van der Waals surface area contributed by atoms with Crippen molar-refractivity contribution in [2.24, 2.45) is 0 Å². The summed E-state index contributed by atoms with van der Waals surface area (Å²) in [5.41, 5.74) is 1.23. The predicted molar refractivity (Wildman–Crippen MR) is 137 cm³/mol. The molecule has 2 saturated heterocycles. The molecule has 1 N–H and O–H groups in total. The van der Waals surface area contributed by atoms with Crippen molar-refractivity contribution in [3.63, 3.8) is 0 Å². The number of thiazole rings is 1. The van der Waals surface area contributed by atoms with Gasteiger partial charge in [-0.25, -0.2) is 19.2 Å². The predicted octanol–water partition coefficient (Wildman–Crippen LogP) is 3.73. The van der Waals surface area contributed by atoms with E-state index in [1.54, 1.807) is 23.7 Å². The molecule has 0 spiro atoms. The number of carbonyl (C=O) groups excluding carboxylic acids is 2. The number of likely N-dealkylation sites (tertiary alicyclic amines) is 1. The van der Waals surface area contributed by atoms with Gasteiger partial charge in [0.1, 0.15) is 17.3 Å². The number of nitrogens with zero attached hydrogens (tertiary/aromatic N) is 5. The summed E-state index contributed by atoms with van der Waals surface area (Å²) in [4.78, 5) is 40.7. The van der Waals surface area contributed by atoms with Crippen molar-refractivity contribution in [2.75, 3.05) is 44.2 Å². The molecular formula is C26H29FN6O2S. The molecule has 4 heterocycles. The molecule has 3 aromatic rings. The van der Waals surface area contributed by atoms with Gasteiger partial charge in [-0.05, 0) is 42.7 Å². The van der Waals surface area contributed by atoms with E-state index in [0.29, 0.717) is 38.4 Å². The van der Waals surface area contributed by atoms with Crippen LogP contribution in [0.1, 0.15) is 39.8 Å². The first-order valence-electron chi connectivity index (χ1n) is 12.2. The lowest BCUT2D eigenvalue weighted by atomic mass is 9.98. The van der Waals surface area contributed by atoms with Crippen LogP contribution in [0.15, 0.2) is 54.0 Å². The van der Waals surface area contributed by atoms with Crippen LogP contribution < -0.4 is 10.2 Å². The van der Waals surface area contributed by atoms with Crippen molar-refractivity contribution in [2.45, 2.75) is 25.3 Å². The highest BCUT2D eigenvalue weighted by atomic mass is 32.1. The number of benzene rings is 1. The van der Waals surface area contributed by atoms with Crippen molar-refractivity contribution < 1.29 is 14.0 Å². The summed E-state index contributed by atoms with van der Waals surface area (Å²) < 4.78 is 13.0. The Hall–Kier alpha value is -3.53. The molecule has 10 heteroatoms. The second-order valence-corrected chi connectivity index (χ2v) is 9.98. The first kappa shape index (κ1) is 24.2. The molecule has 2 aliphatic heterocycles. The normalized spacial score (nSPS) is 16.8. The second kappa shape index (κ2) is 11.0.